The van der Waals surface area contributed by atoms with Gasteiger partial charge in [0.2, 0.25) is 0 Å². The van der Waals surface area contributed by atoms with Crippen LogP contribution in [-0.2, 0) is 12.8 Å². The molecule has 0 radical (unpaired) electrons. The van der Waals surface area contributed by atoms with Crippen molar-refractivity contribution in [2.45, 2.75) is 46.5 Å². The molecule has 2 aromatic carbocycles. The topological polar surface area (TPSA) is 46.4 Å². The molecule has 4 nitrogen and oxygen atoms in total. The second-order valence-electron chi connectivity index (χ2n) is 9.08. The lowest BCUT2D eigenvalue weighted by atomic mass is 9.95. The number of fused-ring (bicyclic) bond motifs is 1. The molecule has 2 heterocycles. The third kappa shape index (κ3) is 4.71. The lowest BCUT2D eigenvalue weighted by Gasteiger charge is -2.14. The highest BCUT2D eigenvalue weighted by atomic mass is 35.5. The maximum atomic E-state index is 13.6. The first-order valence-corrected chi connectivity index (χ1v) is 13.1. The molecule has 0 atom stereocenters. The van der Waals surface area contributed by atoms with E-state index in [9.17, 15) is 4.79 Å². The Morgan fingerprint density at radius 1 is 1.06 bits per heavy atom. The number of amides is 1. The largest absolute Gasteiger partial charge is 0.322 e. The van der Waals surface area contributed by atoms with Crippen molar-refractivity contribution in [1.29, 1.82) is 0 Å². The second kappa shape index (κ2) is 9.84. The van der Waals surface area contributed by atoms with E-state index in [1.54, 1.807) is 11.3 Å². The molecule has 1 amide bonds. The molecule has 1 aliphatic carbocycles. The number of halogens is 1. The van der Waals surface area contributed by atoms with Gasteiger partial charge in [-0.25, -0.2) is 0 Å². The fraction of sp³-hybridized carbons (Fsp3) is 0.241. The summed E-state index contributed by atoms with van der Waals surface area (Å²) >= 11 is 8.04. The molecule has 0 bridgehead atoms. The molecular weight excluding hydrogens is 474 g/mol. The van der Waals surface area contributed by atoms with Gasteiger partial charge in [-0.2, -0.15) is 0 Å². The molecule has 0 unspecified atom stereocenters. The van der Waals surface area contributed by atoms with Crippen molar-refractivity contribution < 1.29 is 4.79 Å². The van der Waals surface area contributed by atoms with E-state index in [2.05, 4.69) is 34.8 Å². The highest BCUT2D eigenvalue weighted by molar-refractivity contribution is 7.15. The number of aliphatic imine (C=N–C) groups is 1. The van der Waals surface area contributed by atoms with Gasteiger partial charge in [0.05, 0.1) is 16.3 Å². The van der Waals surface area contributed by atoms with E-state index in [4.69, 9.17) is 11.6 Å². The van der Waals surface area contributed by atoms with Gasteiger partial charge >= 0.3 is 0 Å². The zero-order valence-corrected chi connectivity index (χ0v) is 21.8. The van der Waals surface area contributed by atoms with Gasteiger partial charge in [-0.3, -0.25) is 9.79 Å². The minimum atomic E-state index is -0.0398. The monoisotopic (exact) mass is 501 g/mol. The van der Waals surface area contributed by atoms with Gasteiger partial charge in [0.1, 0.15) is 5.00 Å². The number of para-hydroxylation sites is 1. The number of rotatable bonds is 5. The zero-order valence-electron chi connectivity index (χ0n) is 20.2. The van der Waals surface area contributed by atoms with Gasteiger partial charge in [0, 0.05) is 33.7 Å². The van der Waals surface area contributed by atoms with Crippen LogP contribution in [0.2, 0.25) is 5.02 Å². The van der Waals surface area contributed by atoms with Crippen LogP contribution in [0.15, 0.2) is 59.6 Å². The summed E-state index contributed by atoms with van der Waals surface area (Å²) < 4.78 is 2.21. The number of aromatic nitrogens is 1. The molecule has 2 aromatic heterocycles. The molecule has 6 heteroatoms. The van der Waals surface area contributed by atoms with Crippen LogP contribution in [0.5, 0.6) is 0 Å². The average molecular weight is 502 g/mol. The number of hydrogen-bond donors (Lipinski definition) is 1. The molecule has 0 fully saturated rings. The highest BCUT2D eigenvalue weighted by Crippen LogP contribution is 2.39. The summed E-state index contributed by atoms with van der Waals surface area (Å²) in [5.74, 6) is -0.0398. The lowest BCUT2D eigenvalue weighted by Crippen LogP contribution is -2.17. The maximum absolute atomic E-state index is 13.6. The van der Waals surface area contributed by atoms with Crippen LogP contribution in [-0.4, -0.2) is 16.7 Å². The molecule has 0 aliphatic heterocycles. The number of carbonyl (C=O) groups is 1. The number of aryl methyl sites for hydroxylation is 3. The van der Waals surface area contributed by atoms with Crippen LogP contribution in [0.3, 0.4) is 0 Å². The predicted molar refractivity (Wildman–Crippen MR) is 148 cm³/mol. The summed E-state index contributed by atoms with van der Waals surface area (Å²) in [6, 6.07) is 17.6. The summed E-state index contributed by atoms with van der Waals surface area (Å²) in [4.78, 5) is 19.6. The molecule has 4 aromatic rings. The number of nitrogens with zero attached hydrogens (tertiary/aromatic N) is 2. The Morgan fingerprint density at radius 3 is 2.57 bits per heavy atom. The number of anilines is 1. The predicted octanol–water partition coefficient (Wildman–Crippen LogP) is 8.00. The second-order valence-corrected chi connectivity index (χ2v) is 10.6. The molecule has 0 saturated carbocycles. The number of nitrogens with one attached hydrogen (secondary N) is 1. The molecule has 1 N–H and O–H groups in total. The van der Waals surface area contributed by atoms with E-state index in [1.165, 1.54) is 22.4 Å². The van der Waals surface area contributed by atoms with E-state index in [0.717, 1.165) is 58.2 Å². The van der Waals surface area contributed by atoms with Crippen LogP contribution < -0.4 is 5.32 Å². The van der Waals surface area contributed by atoms with Crippen molar-refractivity contribution in [3.8, 4) is 5.00 Å². The summed E-state index contributed by atoms with van der Waals surface area (Å²) in [6.45, 7) is 6.21. The van der Waals surface area contributed by atoms with Crippen molar-refractivity contribution >= 4 is 46.4 Å². The Balaban J connectivity index is 1.56. The van der Waals surface area contributed by atoms with Crippen LogP contribution >= 0.6 is 22.9 Å². The van der Waals surface area contributed by atoms with E-state index in [0.29, 0.717) is 5.02 Å². The molecule has 178 valence electrons. The van der Waals surface area contributed by atoms with Gasteiger partial charge in [-0.15, -0.1) is 11.3 Å². The van der Waals surface area contributed by atoms with E-state index in [1.807, 2.05) is 61.7 Å². The first kappa shape index (κ1) is 23.6. The molecule has 0 spiro atoms. The minimum Gasteiger partial charge on any atom is -0.322 e. The van der Waals surface area contributed by atoms with Crippen molar-refractivity contribution in [2.75, 3.05) is 5.32 Å². The smallest absolute Gasteiger partial charge is 0.258 e. The van der Waals surface area contributed by atoms with Gasteiger partial charge < -0.3 is 9.88 Å². The van der Waals surface area contributed by atoms with Gasteiger partial charge in [-0.1, -0.05) is 41.4 Å². The molecule has 35 heavy (non-hydrogen) atoms. The highest BCUT2D eigenvalue weighted by Gasteiger charge is 2.28. The maximum Gasteiger partial charge on any atom is 0.258 e. The minimum absolute atomic E-state index is 0.0398. The van der Waals surface area contributed by atoms with E-state index in [-0.39, 0.29) is 5.91 Å². The first-order chi connectivity index (χ1) is 16.9. The van der Waals surface area contributed by atoms with Gasteiger partial charge in [0.25, 0.3) is 5.91 Å². The molecule has 0 saturated heterocycles. The van der Waals surface area contributed by atoms with Crippen molar-refractivity contribution in [1.82, 2.24) is 4.57 Å². The van der Waals surface area contributed by atoms with Crippen molar-refractivity contribution in [3.05, 3.63) is 98.1 Å². The quantitative estimate of drug-likeness (QED) is 0.277. The Hall–Kier alpha value is -3.15. The summed E-state index contributed by atoms with van der Waals surface area (Å²) in [6.07, 6.45) is 6.13. The average Bonchev–Trinajstić information content (AvgIpc) is 3.36. The van der Waals surface area contributed by atoms with Crippen molar-refractivity contribution in [2.24, 2.45) is 4.99 Å². The van der Waals surface area contributed by atoms with Crippen LogP contribution in [0.25, 0.3) is 5.00 Å². The van der Waals surface area contributed by atoms with Crippen LogP contribution in [0.1, 0.15) is 56.2 Å². The summed E-state index contributed by atoms with van der Waals surface area (Å²) in [5, 5.41) is 4.76. The Bertz CT molecular complexity index is 1430. The Kier molecular flexibility index (Phi) is 6.63. The van der Waals surface area contributed by atoms with Crippen LogP contribution in [0.4, 0.5) is 11.4 Å². The van der Waals surface area contributed by atoms with Gasteiger partial charge in [-0.05, 0) is 82.3 Å². The first-order valence-electron chi connectivity index (χ1n) is 11.9. The molecule has 5 rings (SSSR count). The summed E-state index contributed by atoms with van der Waals surface area (Å²) in [5.41, 5.74) is 7.88. The Morgan fingerprint density at radius 2 is 1.80 bits per heavy atom. The fourth-order valence-corrected chi connectivity index (χ4v) is 6.38. The molecule has 1 aliphatic rings. The fourth-order valence-electron chi connectivity index (χ4n) is 4.70. The number of thiophene rings is 1. The van der Waals surface area contributed by atoms with E-state index < -0.39 is 0 Å². The lowest BCUT2D eigenvalue weighted by molar-refractivity contribution is 0.102. The number of hydrogen-bond acceptors (Lipinski definition) is 3. The normalized spacial score (nSPS) is 13.3. The molecular formula is C29H28ClN3OS. The summed E-state index contributed by atoms with van der Waals surface area (Å²) in [7, 11) is 0. The number of benzene rings is 2. The van der Waals surface area contributed by atoms with Crippen molar-refractivity contribution in [3.63, 3.8) is 0 Å². The van der Waals surface area contributed by atoms with Gasteiger partial charge in [0.15, 0.2) is 0 Å². The SMILES string of the molecule is Cc1ccc(NC(=O)c2c(-n3c(C)cc(C=Nc4ccccc4Cl)c3C)sc3c2CCCC3)cc1. The van der Waals surface area contributed by atoms with E-state index >= 15 is 0 Å². The third-order valence-corrected chi connectivity index (χ3v) is 8.15. The third-order valence-electron chi connectivity index (χ3n) is 6.56. The Labute approximate surface area is 215 Å². The zero-order chi connectivity index (χ0) is 24.5. The standard InChI is InChI=1S/C29H28ClN3OS/c1-18-12-14-22(15-13-18)32-28(34)27-23-8-4-7-11-26(23)35-29(27)33-19(2)16-21(20(33)3)17-31-25-10-6-5-9-24(25)30/h5-6,9-10,12-17H,4,7-8,11H2,1-3H3,(H,32,34). The number of carbonyl (C=O) groups excluding carboxylic acids is 1. The van der Waals surface area contributed by atoms with Crippen LogP contribution in [0, 0.1) is 20.8 Å².